The molecule has 114 valence electrons. The molecule has 1 aromatic heterocycles. The topological polar surface area (TPSA) is 49.7 Å². The van der Waals surface area contributed by atoms with Crippen molar-refractivity contribution >= 4 is 22.7 Å². The molecular weight excluding hydrogens is 278 g/mol. The number of carbonyl (C=O) groups excluding carboxylic acids is 1. The molecule has 0 spiro atoms. The van der Waals surface area contributed by atoms with Crippen LogP contribution in [0.5, 0.6) is 0 Å². The van der Waals surface area contributed by atoms with E-state index in [0.29, 0.717) is 18.8 Å². The van der Waals surface area contributed by atoms with Gasteiger partial charge in [0.2, 0.25) is 0 Å². The molecule has 1 amide bonds. The van der Waals surface area contributed by atoms with Gasteiger partial charge in [0, 0.05) is 35.1 Å². The van der Waals surface area contributed by atoms with Gasteiger partial charge in [-0.05, 0) is 26.8 Å². The molecule has 5 heteroatoms. The minimum Gasteiger partial charge on any atom is -0.444 e. The van der Waals surface area contributed by atoms with Gasteiger partial charge in [-0.25, -0.2) is 9.64 Å². The van der Waals surface area contributed by atoms with Crippen molar-refractivity contribution in [3.05, 3.63) is 40.9 Å². The second-order valence-corrected chi connectivity index (χ2v) is 6.58. The van der Waals surface area contributed by atoms with Gasteiger partial charge in [0.05, 0.1) is 13.1 Å². The van der Waals surface area contributed by atoms with Crippen molar-refractivity contribution in [2.45, 2.75) is 39.3 Å². The maximum absolute atomic E-state index is 12.2. The average Bonchev–Trinajstić information content (AvgIpc) is 2.81. The lowest BCUT2D eigenvalue weighted by Gasteiger charge is -2.30. The van der Waals surface area contributed by atoms with Crippen LogP contribution in [0.25, 0.3) is 15.7 Å². The van der Waals surface area contributed by atoms with Crippen LogP contribution < -0.4 is 0 Å². The molecular formula is C17H19N3O2. The number of fused-ring (bicyclic) bond motifs is 3. The van der Waals surface area contributed by atoms with Gasteiger partial charge in [0.1, 0.15) is 5.60 Å². The van der Waals surface area contributed by atoms with Crippen molar-refractivity contribution in [1.29, 1.82) is 0 Å². The molecule has 0 unspecified atom stereocenters. The first kappa shape index (κ1) is 14.5. The van der Waals surface area contributed by atoms with Gasteiger partial charge in [-0.1, -0.05) is 12.1 Å². The average molecular weight is 297 g/mol. The molecule has 0 saturated heterocycles. The lowest BCUT2D eigenvalue weighted by Crippen LogP contribution is -2.39. The molecule has 2 heterocycles. The summed E-state index contributed by atoms with van der Waals surface area (Å²) in [6.45, 7) is 13.9. The lowest BCUT2D eigenvalue weighted by molar-refractivity contribution is 0.0224. The zero-order chi connectivity index (χ0) is 15.9. The Balaban J connectivity index is 1.89. The number of aromatic nitrogens is 1. The highest BCUT2D eigenvalue weighted by atomic mass is 16.6. The monoisotopic (exact) mass is 297 g/mol. The molecule has 2 aromatic rings. The van der Waals surface area contributed by atoms with E-state index < -0.39 is 5.60 Å². The Labute approximate surface area is 129 Å². The van der Waals surface area contributed by atoms with Crippen molar-refractivity contribution < 1.29 is 9.53 Å². The van der Waals surface area contributed by atoms with E-state index in [1.165, 1.54) is 0 Å². The molecule has 0 atom stereocenters. The Morgan fingerprint density at radius 1 is 1.41 bits per heavy atom. The van der Waals surface area contributed by atoms with Crippen LogP contribution in [0.1, 0.15) is 32.0 Å². The number of H-pyrrole nitrogens is 1. The zero-order valence-electron chi connectivity index (χ0n) is 13.1. The summed E-state index contributed by atoms with van der Waals surface area (Å²) >= 11 is 0. The van der Waals surface area contributed by atoms with Crippen LogP contribution in [0.15, 0.2) is 18.2 Å². The molecule has 0 aliphatic carbocycles. The van der Waals surface area contributed by atoms with Gasteiger partial charge in [-0.3, -0.25) is 0 Å². The molecule has 0 fully saturated rings. The Hall–Kier alpha value is -2.48. The van der Waals surface area contributed by atoms with Crippen LogP contribution in [-0.2, 0) is 17.7 Å². The van der Waals surface area contributed by atoms with Crippen LogP contribution in [0.4, 0.5) is 10.5 Å². The van der Waals surface area contributed by atoms with Crippen LogP contribution in [0.3, 0.4) is 0 Å². The van der Waals surface area contributed by atoms with Crippen molar-refractivity contribution in [3.8, 4) is 0 Å². The highest BCUT2D eigenvalue weighted by Crippen LogP contribution is 2.30. The first-order valence-corrected chi connectivity index (χ1v) is 7.36. The predicted octanol–water partition coefficient (Wildman–Crippen LogP) is 4.01. The summed E-state index contributed by atoms with van der Waals surface area (Å²) in [4.78, 5) is 20.8. The van der Waals surface area contributed by atoms with Crippen molar-refractivity contribution in [1.82, 2.24) is 9.88 Å². The molecule has 0 radical (unpaired) electrons. The smallest absolute Gasteiger partial charge is 0.410 e. The van der Waals surface area contributed by atoms with E-state index in [-0.39, 0.29) is 6.09 Å². The molecule has 1 aliphatic rings. The summed E-state index contributed by atoms with van der Waals surface area (Å²) in [6.07, 6.45) is 0.502. The number of aromatic amines is 1. The molecule has 0 bridgehead atoms. The van der Waals surface area contributed by atoms with Gasteiger partial charge in [-0.15, -0.1) is 0 Å². The number of carbonyl (C=O) groups is 1. The minimum atomic E-state index is -0.484. The van der Waals surface area contributed by atoms with Gasteiger partial charge >= 0.3 is 6.09 Å². The molecule has 3 rings (SSSR count). The second kappa shape index (κ2) is 5.06. The highest BCUT2D eigenvalue weighted by Gasteiger charge is 2.27. The summed E-state index contributed by atoms with van der Waals surface area (Å²) < 4.78 is 5.45. The quantitative estimate of drug-likeness (QED) is 0.747. The van der Waals surface area contributed by atoms with Gasteiger partial charge in [0.15, 0.2) is 5.69 Å². The van der Waals surface area contributed by atoms with E-state index in [4.69, 9.17) is 11.3 Å². The molecule has 1 N–H and O–H groups in total. The van der Waals surface area contributed by atoms with Gasteiger partial charge < -0.3 is 14.6 Å². The van der Waals surface area contributed by atoms with E-state index in [2.05, 4.69) is 9.83 Å². The fourth-order valence-electron chi connectivity index (χ4n) is 2.76. The van der Waals surface area contributed by atoms with Crippen LogP contribution in [-0.4, -0.2) is 28.1 Å². The number of hydrogen-bond acceptors (Lipinski definition) is 2. The zero-order valence-corrected chi connectivity index (χ0v) is 13.1. The highest BCUT2D eigenvalue weighted by molar-refractivity contribution is 5.88. The van der Waals surface area contributed by atoms with Crippen LogP contribution in [0, 0.1) is 6.57 Å². The summed E-state index contributed by atoms with van der Waals surface area (Å²) in [7, 11) is 0. The number of nitrogens with zero attached hydrogens (tertiary/aromatic N) is 2. The fraction of sp³-hybridized carbons (Fsp3) is 0.412. The third-order valence-electron chi connectivity index (χ3n) is 3.74. The maximum atomic E-state index is 12.2. The standard InChI is InChI=1S/C17H19N3O2/c1-17(2,3)22-16(21)20-8-7-14-13(10-20)12-6-5-11(18-4)9-15(12)19-14/h5-6,9,19H,7-8,10H2,1-3H3. The number of amides is 1. The first-order valence-electron chi connectivity index (χ1n) is 7.36. The summed E-state index contributed by atoms with van der Waals surface area (Å²) in [5.41, 5.74) is 3.38. The third-order valence-corrected chi connectivity index (χ3v) is 3.74. The molecule has 22 heavy (non-hydrogen) atoms. The SMILES string of the molecule is [C-]#[N+]c1ccc2c3c([nH]c2c1)CCN(C(=O)OC(C)(C)C)C3. The Morgan fingerprint density at radius 2 is 2.18 bits per heavy atom. The largest absolute Gasteiger partial charge is 0.444 e. The van der Waals surface area contributed by atoms with Gasteiger partial charge in [0.25, 0.3) is 0 Å². The number of benzene rings is 1. The van der Waals surface area contributed by atoms with Crippen molar-refractivity contribution in [2.75, 3.05) is 6.54 Å². The lowest BCUT2D eigenvalue weighted by atomic mass is 10.0. The fourth-order valence-corrected chi connectivity index (χ4v) is 2.76. The third kappa shape index (κ3) is 2.64. The van der Waals surface area contributed by atoms with Gasteiger partial charge in [-0.2, -0.15) is 0 Å². The number of ether oxygens (including phenoxy) is 1. The molecule has 1 aliphatic heterocycles. The molecule has 0 saturated carbocycles. The number of rotatable bonds is 0. The van der Waals surface area contributed by atoms with E-state index >= 15 is 0 Å². The molecule has 1 aromatic carbocycles. The minimum absolute atomic E-state index is 0.273. The summed E-state index contributed by atoms with van der Waals surface area (Å²) in [5.74, 6) is 0. The van der Waals surface area contributed by atoms with Crippen LogP contribution in [0.2, 0.25) is 0 Å². The maximum Gasteiger partial charge on any atom is 0.410 e. The Morgan fingerprint density at radius 3 is 2.86 bits per heavy atom. The van der Waals surface area contributed by atoms with E-state index in [9.17, 15) is 4.79 Å². The Bertz CT molecular complexity index is 778. The Kier molecular flexibility index (Phi) is 3.32. The van der Waals surface area contributed by atoms with E-state index in [1.54, 1.807) is 4.90 Å². The predicted molar refractivity (Wildman–Crippen MR) is 84.9 cm³/mol. The first-order chi connectivity index (χ1) is 10.4. The number of hydrogen-bond donors (Lipinski definition) is 1. The van der Waals surface area contributed by atoms with E-state index in [1.807, 2.05) is 39.0 Å². The summed E-state index contributed by atoms with van der Waals surface area (Å²) in [5, 5.41) is 1.08. The van der Waals surface area contributed by atoms with Crippen LogP contribution >= 0.6 is 0 Å². The van der Waals surface area contributed by atoms with Crippen molar-refractivity contribution in [2.24, 2.45) is 0 Å². The number of nitrogens with one attached hydrogen (secondary N) is 1. The second-order valence-electron chi connectivity index (χ2n) is 6.58. The summed E-state index contributed by atoms with van der Waals surface area (Å²) in [6, 6.07) is 5.63. The van der Waals surface area contributed by atoms with E-state index in [0.717, 1.165) is 28.6 Å². The van der Waals surface area contributed by atoms with Crippen molar-refractivity contribution in [3.63, 3.8) is 0 Å². The molecule has 5 nitrogen and oxygen atoms in total. The normalized spacial score (nSPS) is 14.5.